The number of hydrogen-bond acceptors (Lipinski definition) is 6. The number of hydrogen-bond donors (Lipinski definition) is 0. The number of aromatic nitrogens is 4. The summed E-state index contributed by atoms with van der Waals surface area (Å²) in [5.74, 6) is 0.700. The van der Waals surface area contributed by atoms with Gasteiger partial charge in [-0.3, -0.25) is 4.40 Å². The lowest BCUT2D eigenvalue weighted by Gasteiger charge is -1.94. The molecule has 0 atom stereocenters. The van der Waals surface area contributed by atoms with Crippen molar-refractivity contribution in [3.05, 3.63) is 59.4 Å². The molecule has 7 heteroatoms. The Bertz CT molecular complexity index is 1010. The van der Waals surface area contributed by atoms with Crippen molar-refractivity contribution in [2.24, 2.45) is 5.18 Å². The summed E-state index contributed by atoms with van der Waals surface area (Å²) in [6, 6.07) is 11.7. The fourth-order valence-electron chi connectivity index (χ4n) is 2.44. The molecule has 112 valence electrons. The third-order valence-electron chi connectivity index (χ3n) is 3.50. The molecule has 4 rings (SSSR count). The summed E-state index contributed by atoms with van der Waals surface area (Å²) in [6.45, 7) is 1.91. The van der Waals surface area contributed by atoms with E-state index >= 15 is 0 Å². The number of benzene rings is 1. The van der Waals surface area contributed by atoms with E-state index in [1.54, 1.807) is 22.9 Å². The van der Waals surface area contributed by atoms with Gasteiger partial charge >= 0.3 is 0 Å². The molecule has 0 aliphatic carbocycles. The Hall–Kier alpha value is -2.93. The first kappa shape index (κ1) is 13.7. The Labute approximate surface area is 135 Å². The van der Waals surface area contributed by atoms with Crippen molar-refractivity contribution in [3.63, 3.8) is 0 Å². The molecular formula is C16H11N5OS. The van der Waals surface area contributed by atoms with Gasteiger partial charge in [-0.15, -0.1) is 16.2 Å². The van der Waals surface area contributed by atoms with E-state index in [1.807, 2.05) is 37.3 Å². The van der Waals surface area contributed by atoms with Crippen LogP contribution in [0.5, 0.6) is 0 Å². The molecule has 3 heterocycles. The van der Waals surface area contributed by atoms with Crippen LogP contribution < -0.4 is 0 Å². The number of fused-ring (bicyclic) bond motifs is 1. The Morgan fingerprint density at radius 3 is 2.74 bits per heavy atom. The average molecular weight is 321 g/mol. The van der Waals surface area contributed by atoms with Crippen LogP contribution in [0.15, 0.2) is 54.0 Å². The van der Waals surface area contributed by atoms with Crippen LogP contribution in [0.1, 0.15) is 5.69 Å². The van der Waals surface area contributed by atoms with Crippen LogP contribution in [0.4, 0.5) is 5.82 Å². The van der Waals surface area contributed by atoms with Gasteiger partial charge in [-0.2, -0.15) is 0 Å². The van der Waals surface area contributed by atoms with Crippen molar-refractivity contribution >= 4 is 22.9 Å². The van der Waals surface area contributed by atoms with Gasteiger partial charge in [-0.25, -0.2) is 15.0 Å². The number of nitroso groups, excluding NO2 is 1. The molecule has 0 saturated heterocycles. The highest BCUT2D eigenvalue weighted by atomic mass is 32.1. The summed E-state index contributed by atoms with van der Waals surface area (Å²) >= 11 is 1.50. The molecule has 23 heavy (non-hydrogen) atoms. The zero-order valence-electron chi connectivity index (χ0n) is 12.2. The topological polar surface area (TPSA) is 72.5 Å². The van der Waals surface area contributed by atoms with Gasteiger partial charge in [0.05, 0.1) is 10.6 Å². The molecule has 0 fully saturated rings. The van der Waals surface area contributed by atoms with E-state index in [-0.39, 0.29) is 5.82 Å². The summed E-state index contributed by atoms with van der Waals surface area (Å²) in [5.41, 5.74) is 2.38. The van der Waals surface area contributed by atoms with Crippen molar-refractivity contribution in [1.29, 1.82) is 0 Å². The summed E-state index contributed by atoms with van der Waals surface area (Å²) in [6.07, 6.45) is 3.36. The highest BCUT2D eigenvalue weighted by Crippen LogP contribution is 2.39. The standard InChI is InChI=1S/C16H11N5OS/c1-10-13(23-15(18-10)11-6-3-2-4-7-11)12-14(20-22)21-9-5-8-17-16(21)19-12/h2-9H,1H3. The highest BCUT2D eigenvalue weighted by Gasteiger charge is 2.20. The lowest BCUT2D eigenvalue weighted by atomic mass is 10.2. The first-order valence-electron chi connectivity index (χ1n) is 6.97. The second kappa shape index (κ2) is 5.36. The van der Waals surface area contributed by atoms with Gasteiger partial charge < -0.3 is 0 Å². The van der Waals surface area contributed by atoms with Gasteiger partial charge in [-0.05, 0) is 18.2 Å². The Morgan fingerprint density at radius 1 is 1.13 bits per heavy atom. The summed E-state index contributed by atoms with van der Waals surface area (Å²) < 4.78 is 1.59. The highest BCUT2D eigenvalue weighted by molar-refractivity contribution is 7.18. The second-order valence-corrected chi connectivity index (χ2v) is 5.96. The van der Waals surface area contributed by atoms with Gasteiger partial charge in [-0.1, -0.05) is 30.3 Å². The molecule has 4 aromatic rings. The van der Waals surface area contributed by atoms with Gasteiger partial charge in [0, 0.05) is 18.0 Å². The van der Waals surface area contributed by atoms with Crippen molar-refractivity contribution in [1.82, 2.24) is 19.4 Å². The van der Waals surface area contributed by atoms with Crippen LogP contribution in [0.3, 0.4) is 0 Å². The van der Waals surface area contributed by atoms with Gasteiger partial charge in [0.2, 0.25) is 11.6 Å². The normalized spacial score (nSPS) is 11.0. The largest absolute Gasteiger partial charge is 0.265 e. The van der Waals surface area contributed by atoms with Crippen LogP contribution in [0.25, 0.3) is 26.9 Å². The summed E-state index contributed by atoms with van der Waals surface area (Å²) in [4.78, 5) is 25.4. The maximum atomic E-state index is 11.3. The molecule has 1 aromatic carbocycles. The van der Waals surface area contributed by atoms with E-state index in [1.165, 1.54) is 11.3 Å². The molecule has 0 radical (unpaired) electrons. The number of imidazole rings is 1. The van der Waals surface area contributed by atoms with Crippen molar-refractivity contribution < 1.29 is 0 Å². The summed E-state index contributed by atoms with van der Waals surface area (Å²) in [7, 11) is 0. The molecule has 0 bridgehead atoms. The maximum absolute atomic E-state index is 11.3. The third kappa shape index (κ3) is 2.22. The maximum Gasteiger partial charge on any atom is 0.236 e. The molecule has 0 saturated carbocycles. The molecule has 0 aliphatic heterocycles. The lowest BCUT2D eigenvalue weighted by Crippen LogP contribution is -1.84. The minimum absolute atomic E-state index is 0.250. The zero-order valence-corrected chi connectivity index (χ0v) is 13.0. The van der Waals surface area contributed by atoms with Crippen LogP contribution in [0.2, 0.25) is 0 Å². The number of nitrogens with zero attached hydrogens (tertiary/aromatic N) is 5. The monoisotopic (exact) mass is 321 g/mol. The molecule has 3 aromatic heterocycles. The first-order chi connectivity index (χ1) is 11.3. The molecule has 0 aliphatic rings. The van der Waals surface area contributed by atoms with Gasteiger partial charge in [0.25, 0.3) is 0 Å². The van der Waals surface area contributed by atoms with Crippen molar-refractivity contribution in [2.45, 2.75) is 6.92 Å². The quantitative estimate of drug-likeness (QED) is 0.529. The fourth-order valence-corrected chi connectivity index (χ4v) is 3.49. The van der Waals surface area contributed by atoms with E-state index in [9.17, 15) is 4.91 Å². The molecule has 0 spiro atoms. The van der Waals surface area contributed by atoms with E-state index < -0.39 is 0 Å². The van der Waals surface area contributed by atoms with E-state index in [0.717, 1.165) is 21.1 Å². The molecular weight excluding hydrogens is 310 g/mol. The fraction of sp³-hybridized carbons (Fsp3) is 0.0625. The number of aryl methyl sites for hydroxylation is 1. The van der Waals surface area contributed by atoms with Crippen LogP contribution in [-0.2, 0) is 0 Å². The van der Waals surface area contributed by atoms with E-state index in [4.69, 9.17) is 0 Å². The minimum Gasteiger partial charge on any atom is -0.265 e. The van der Waals surface area contributed by atoms with E-state index in [0.29, 0.717) is 11.5 Å². The number of rotatable bonds is 3. The molecule has 0 amide bonds. The second-order valence-electron chi connectivity index (χ2n) is 4.96. The van der Waals surface area contributed by atoms with E-state index in [2.05, 4.69) is 20.1 Å². The zero-order chi connectivity index (χ0) is 15.8. The lowest BCUT2D eigenvalue weighted by molar-refractivity contribution is 1.10. The smallest absolute Gasteiger partial charge is 0.236 e. The predicted octanol–water partition coefficient (Wildman–Crippen LogP) is 4.23. The van der Waals surface area contributed by atoms with Gasteiger partial charge in [0.15, 0.2) is 0 Å². The average Bonchev–Trinajstić information content (AvgIpc) is 3.15. The van der Waals surface area contributed by atoms with Crippen molar-refractivity contribution in [2.75, 3.05) is 0 Å². The van der Waals surface area contributed by atoms with Crippen molar-refractivity contribution in [3.8, 4) is 21.1 Å². The molecule has 0 unspecified atom stereocenters. The summed E-state index contributed by atoms with van der Waals surface area (Å²) in [5, 5.41) is 4.04. The SMILES string of the molecule is Cc1nc(-c2ccccc2)sc1-c1nc2ncccn2c1N=O. The Balaban J connectivity index is 1.92. The Kier molecular flexibility index (Phi) is 3.20. The third-order valence-corrected chi connectivity index (χ3v) is 4.71. The van der Waals surface area contributed by atoms with Gasteiger partial charge in [0.1, 0.15) is 10.7 Å². The Morgan fingerprint density at radius 2 is 1.96 bits per heavy atom. The number of thiazole rings is 1. The van der Waals surface area contributed by atoms with Crippen LogP contribution in [0, 0.1) is 11.8 Å². The van der Waals surface area contributed by atoms with Crippen LogP contribution >= 0.6 is 11.3 Å². The van der Waals surface area contributed by atoms with Crippen LogP contribution in [-0.4, -0.2) is 19.4 Å². The molecule has 6 nitrogen and oxygen atoms in total. The minimum atomic E-state index is 0.250. The first-order valence-corrected chi connectivity index (χ1v) is 7.79. The molecule has 0 N–H and O–H groups in total. The predicted molar refractivity (Wildman–Crippen MR) is 89.7 cm³/mol.